The summed E-state index contributed by atoms with van der Waals surface area (Å²) in [6, 6.07) is 8.10. The molecule has 2 heterocycles. The van der Waals surface area contributed by atoms with Gasteiger partial charge in [0.1, 0.15) is 6.10 Å². The molecule has 1 saturated heterocycles. The fourth-order valence-electron chi connectivity index (χ4n) is 4.67. The van der Waals surface area contributed by atoms with E-state index in [1.54, 1.807) is 0 Å². The Bertz CT molecular complexity index is 920. The molecule has 168 valence electrons. The smallest absolute Gasteiger partial charge is 0.261 e. The van der Waals surface area contributed by atoms with Crippen LogP contribution in [0.2, 0.25) is 0 Å². The molecule has 0 radical (unpaired) electrons. The van der Waals surface area contributed by atoms with Crippen LogP contribution in [0.5, 0.6) is 0 Å². The van der Waals surface area contributed by atoms with Crippen LogP contribution in [0, 0.1) is 5.92 Å². The number of morpholine rings is 1. The summed E-state index contributed by atoms with van der Waals surface area (Å²) in [5, 5.41) is 4.10. The third kappa shape index (κ3) is 5.27. The predicted molar refractivity (Wildman–Crippen MR) is 125 cm³/mol. The number of hydrogen-bond acceptors (Lipinski definition) is 5. The Labute approximate surface area is 188 Å². The maximum Gasteiger partial charge on any atom is 0.261 e. The molecular formula is C24H33N3O3S. The highest BCUT2D eigenvalue weighted by atomic mass is 32.1. The molecule has 7 heteroatoms. The van der Waals surface area contributed by atoms with Gasteiger partial charge in [0.25, 0.3) is 5.91 Å². The maximum absolute atomic E-state index is 13.0. The number of benzene rings is 1. The highest BCUT2D eigenvalue weighted by molar-refractivity contribution is 7.21. The molecule has 0 unspecified atom stereocenters. The lowest BCUT2D eigenvalue weighted by atomic mass is 10.0. The Morgan fingerprint density at radius 3 is 2.77 bits per heavy atom. The second-order valence-corrected chi connectivity index (χ2v) is 10.0. The summed E-state index contributed by atoms with van der Waals surface area (Å²) in [5.74, 6) is 0.710. The number of nitrogens with one attached hydrogen (secondary N) is 1. The normalized spacial score (nSPS) is 20.0. The lowest BCUT2D eigenvalue weighted by molar-refractivity contribution is -0.139. The first-order chi connectivity index (χ1) is 15.0. The van der Waals surface area contributed by atoms with E-state index in [1.165, 1.54) is 37.0 Å². The van der Waals surface area contributed by atoms with E-state index in [0.29, 0.717) is 43.5 Å². The summed E-state index contributed by atoms with van der Waals surface area (Å²) in [4.78, 5) is 30.7. The SMILES string of the molecule is CN(C)CCNC(=O)c1sc2ccccc2c1[C@@H]1CN(C(=O)CC2CCCC2)CCO1. The standard InChI is InChI=1S/C24H33N3O3S/c1-26(2)12-11-25-24(29)23-22(18-9-5-6-10-20(18)31-23)19-16-27(13-14-30-19)21(28)15-17-7-3-4-8-17/h5-6,9-10,17,19H,3-4,7-8,11-16H2,1-2H3,(H,25,29)/t19-/m0/s1. The molecule has 31 heavy (non-hydrogen) atoms. The third-order valence-electron chi connectivity index (χ3n) is 6.36. The minimum atomic E-state index is -0.271. The fourth-order valence-corrected chi connectivity index (χ4v) is 5.84. The van der Waals surface area contributed by atoms with Gasteiger partial charge in [0.05, 0.1) is 18.0 Å². The molecule has 2 aliphatic rings. The van der Waals surface area contributed by atoms with Gasteiger partial charge in [-0.3, -0.25) is 9.59 Å². The molecule has 1 atom stereocenters. The number of rotatable bonds is 7. The molecule has 1 aromatic heterocycles. The summed E-state index contributed by atoms with van der Waals surface area (Å²) in [6.45, 7) is 3.04. The fraction of sp³-hybridized carbons (Fsp3) is 0.583. The summed E-state index contributed by atoms with van der Waals surface area (Å²) in [6.07, 6.45) is 5.22. The van der Waals surface area contributed by atoms with E-state index in [1.807, 2.05) is 42.1 Å². The van der Waals surface area contributed by atoms with Gasteiger partial charge >= 0.3 is 0 Å². The van der Waals surface area contributed by atoms with Crippen LogP contribution in [-0.2, 0) is 9.53 Å². The van der Waals surface area contributed by atoms with Crippen molar-refractivity contribution in [3.05, 3.63) is 34.7 Å². The zero-order valence-corrected chi connectivity index (χ0v) is 19.4. The number of hydrogen-bond donors (Lipinski definition) is 1. The predicted octanol–water partition coefficient (Wildman–Crippen LogP) is 3.67. The zero-order valence-electron chi connectivity index (χ0n) is 18.6. The van der Waals surface area contributed by atoms with Crippen molar-refractivity contribution >= 4 is 33.2 Å². The van der Waals surface area contributed by atoms with Gasteiger partial charge in [-0.15, -0.1) is 11.3 Å². The van der Waals surface area contributed by atoms with Crippen molar-refractivity contribution in [1.29, 1.82) is 0 Å². The van der Waals surface area contributed by atoms with Crippen molar-refractivity contribution in [1.82, 2.24) is 15.1 Å². The molecule has 0 spiro atoms. The van der Waals surface area contributed by atoms with E-state index in [-0.39, 0.29) is 17.9 Å². The Kier molecular flexibility index (Phi) is 7.25. The summed E-state index contributed by atoms with van der Waals surface area (Å²) in [7, 11) is 3.98. The van der Waals surface area contributed by atoms with Crippen LogP contribution in [0.25, 0.3) is 10.1 Å². The lowest BCUT2D eigenvalue weighted by Gasteiger charge is -2.34. The molecule has 2 fully saturated rings. The minimum Gasteiger partial charge on any atom is -0.370 e. The van der Waals surface area contributed by atoms with Crippen LogP contribution in [0.4, 0.5) is 0 Å². The van der Waals surface area contributed by atoms with E-state index >= 15 is 0 Å². The molecule has 4 rings (SSSR count). The van der Waals surface area contributed by atoms with E-state index in [0.717, 1.165) is 22.2 Å². The number of fused-ring (bicyclic) bond motifs is 1. The highest BCUT2D eigenvalue weighted by Gasteiger charge is 2.32. The first-order valence-corrected chi connectivity index (χ1v) is 12.2. The number of carbonyl (C=O) groups is 2. The van der Waals surface area contributed by atoms with E-state index in [2.05, 4.69) is 11.4 Å². The molecule has 2 aromatic rings. The van der Waals surface area contributed by atoms with Gasteiger partial charge in [0.15, 0.2) is 0 Å². The third-order valence-corrected chi connectivity index (χ3v) is 7.55. The molecule has 1 saturated carbocycles. The molecule has 2 amide bonds. The lowest BCUT2D eigenvalue weighted by Crippen LogP contribution is -2.43. The summed E-state index contributed by atoms with van der Waals surface area (Å²) >= 11 is 1.51. The zero-order chi connectivity index (χ0) is 21.8. The number of nitrogens with zero attached hydrogens (tertiary/aromatic N) is 2. The number of likely N-dealkylation sites (N-methyl/N-ethyl adjacent to an activating group) is 1. The number of amides is 2. The van der Waals surface area contributed by atoms with Crippen molar-refractivity contribution in [2.75, 3.05) is 46.9 Å². The van der Waals surface area contributed by atoms with Crippen LogP contribution < -0.4 is 5.32 Å². The molecular weight excluding hydrogens is 410 g/mol. The Hall–Kier alpha value is -1.96. The van der Waals surface area contributed by atoms with Gasteiger partial charge in [-0.2, -0.15) is 0 Å². The number of thiophene rings is 1. The van der Waals surface area contributed by atoms with Crippen molar-refractivity contribution in [3.8, 4) is 0 Å². The first kappa shape index (κ1) is 22.2. The molecule has 1 aliphatic carbocycles. The van der Waals surface area contributed by atoms with Crippen molar-refractivity contribution in [2.45, 2.75) is 38.2 Å². The van der Waals surface area contributed by atoms with Crippen LogP contribution in [0.15, 0.2) is 24.3 Å². The Morgan fingerprint density at radius 1 is 1.23 bits per heavy atom. The van der Waals surface area contributed by atoms with Crippen LogP contribution in [0.1, 0.15) is 53.4 Å². The molecule has 1 aromatic carbocycles. The van der Waals surface area contributed by atoms with Gasteiger partial charge in [-0.25, -0.2) is 0 Å². The van der Waals surface area contributed by atoms with Crippen LogP contribution in [-0.4, -0.2) is 68.5 Å². The Morgan fingerprint density at radius 2 is 2.00 bits per heavy atom. The quantitative estimate of drug-likeness (QED) is 0.709. The highest BCUT2D eigenvalue weighted by Crippen LogP contribution is 2.38. The average Bonchev–Trinajstić information content (AvgIpc) is 3.41. The van der Waals surface area contributed by atoms with Gasteiger partial charge in [-0.05, 0) is 44.3 Å². The van der Waals surface area contributed by atoms with Gasteiger partial charge in [0.2, 0.25) is 5.91 Å². The van der Waals surface area contributed by atoms with Crippen LogP contribution in [0.3, 0.4) is 0 Å². The second kappa shape index (κ2) is 10.1. The molecule has 1 N–H and O–H groups in total. The Balaban J connectivity index is 1.54. The largest absolute Gasteiger partial charge is 0.370 e. The monoisotopic (exact) mass is 443 g/mol. The van der Waals surface area contributed by atoms with Crippen molar-refractivity contribution < 1.29 is 14.3 Å². The van der Waals surface area contributed by atoms with Gasteiger partial charge < -0.3 is 19.9 Å². The molecule has 1 aliphatic heterocycles. The number of carbonyl (C=O) groups excluding carboxylic acids is 2. The van der Waals surface area contributed by atoms with E-state index in [4.69, 9.17) is 4.74 Å². The van der Waals surface area contributed by atoms with Gasteiger partial charge in [-0.1, -0.05) is 31.0 Å². The van der Waals surface area contributed by atoms with Gasteiger partial charge in [0, 0.05) is 36.3 Å². The summed E-state index contributed by atoms with van der Waals surface area (Å²) in [5.41, 5.74) is 0.932. The molecule has 6 nitrogen and oxygen atoms in total. The van der Waals surface area contributed by atoms with Crippen LogP contribution >= 0.6 is 11.3 Å². The van der Waals surface area contributed by atoms with E-state index in [9.17, 15) is 9.59 Å². The summed E-state index contributed by atoms with van der Waals surface area (Å²) < 4.78 is 7.22. The number of ether oxygens (including phenoxy) is 1. The maximum atomic E-state index is 13.0. The second-order valence-electron chi connectivity index (χ2n) is 8.95. The average molecular weight is 444 g/mol. The minimum absolute atomic E-state index is 0.0592. The van der Waals surface area contributed by atoms with Crippen molar-refractivity contribution in [3.63, 3.8) is 0 Å². The topological polar surface area (TPSA) is 61.9 Å². The molecule has 0 bridgehead atoms. The van der Waals surface area contributed by atoms with E-state index < -0.39 is 0 Å². The van der Waals surface area contributed by atoms with Crippen molar-refractivity contribution in [2.24, 2.45) is 5.92 Å². The first-order valence-electron chi connectivity index (χ1n) is 11.4.